The number of aromatic nitrogens is 2. The molecule has 30 heavy (non-hydrogen) atoms. The van der Waals surface area contributed by atoms with E-state index in [9.17, 15) is 19.1 Å². The highest BCUT2D eigenvalue weighted by atomic mass is 19.1. The van der Waals surface area contributed by atoms with E-state index in [1.807, 2.05) is 20.8 Å². The number of hydrogen-bond acceptors (Lipinski definition) is 5. The summed E-state index contributed by atoms with van der Waals surface area (Å²) in [5, 5.41) is 15.2. The number of aliphatic hydroxyl groups is 1. The number of likely N-dealkylation sites (tertiary alicyclic amines) is 1. The number of benzene rings is 1. The summed E-state index contributed by atoms with van der Waals surface area (Å²) >= 11 is 0. The first-order valence-corrected chi connectivity index (χ1v) is 9.94. The van der Waals surface area contributed by atoms with E-state index in [1.165, 1.54) is 10.7 Å². The monoisotopic (exact) mass is 416 g/mol. The third-order valence-corrected chi connectivity index (χ3v) is 5.56. The quantitative estimate of drug-likeness (QED) is 0.782. The van der Waals surface area contributed by atoms with Crippen LogP contribution in [0.1, 0.15) is 72.8 Å². The van der Waals surface area contributed by atoms with Crippen LogP contribution in [-0.4, -0.2) is 50.5 Å². The second-order valence-electron chi connectivity index (χ2n) is 8.80. The third-order valence-electron chi connectivity index (χ3n) is 5.56. The van der Waals surface area contributed by atoms with E-state index >= 15 is 0 Å². The lowest BCUT2D eigenvalue weighted by Crippen LogP contribution is -2.41. The van der Waals surface area contributed by atoms with Gasteiger partial charge in [-0.15, -0.1) is 0 Å². The van der Waals surface area contributed by atoms with Crippen LogP contribution in [-0.2, 0) is 4.74 Å². The molecule has 1 fully saturated rings. The van der Waals surface area contributed by atoms with Crippen LogP contribution >= 0.6 is 0 Å². The third kappa shape index (κ3) is 3.43. The molecule has 2 amide bonds. The molecule has 0 aliphatic carbocycles. The molecule has 1 saturated heterocycles. The standard InChI is InChI=1S/C21H25FN4O4/c1-21(2,3)30-20(29)25-6-4-11(5-7-25)15-10-24-26-16-13(18(27)17(15)26)8-12(22)9-14(16)19(23)28/h8-11,18,27H,4-7H2,1-3H3,(H2,23,28). The molecule has 0 radical (unpaired) electrons. The van der Waals surface area contributed by atoms with Gasteiger partial charge in [-0.25, -0.2) is 13.9 Å². The highest BCUT2D eigenvalue weighted by Gasteiger charge is 2.38. The fourth-order valence-electron chi connectivity index (χ4n) is 4.24. The SMILES string of the molecule is CC(C)(C)OC(=O)N1CCC(c2cnn3c2C(O)c2cc(F)cc(C(N)=O)c2-3)CC1. The predicted octanol–water partition coefficient (Wildman–Crippen LogP) is 2.62. The Hall–Kier alpha value is -2.94. The van der Waals surface area contributed by atoms with Gasteiger partial charge in [0, 0.05) is 24.2 Å². The Labute approximate surface area is 173 Å². The van der Waals surface area contributed by atoms with Gasteiger partial charge < -0.3 is 20.5 Å². The van der Waals surface area contributed by atoms with Gasteiger partial charge in [-0.1, -0.05) is 0 Å². The van der Waals surface area contributed by atoms with Gasteiger partial charge >= 0.3 is 6.09 Å². The number of rotatable bonds is 2. The van der Waals surface area contributed by atoms with Gasteiger partial charge in [0.2, 0.25) is 0 Å². The van der Waals surface area contributed by atoms with Crippen molar-refractivity contribution in [2.24, 2.45) is 5.73 Å². The average Bonchev–Trinajstić information content (AvgIpc) is 3.20. The fraction of sp³-hybridized carbons (Fsp3) is 0.476. The van der Waals surface area contributed by atoms with Gasteiger partial charge in [-0.3, -0.25) is 4.79 Å². The average molecular weight is 416 g/mol. The molecule has 2 aromatic rings. The summed E-state index contributed by atoms with van der Waals surface area (Å²) in [6.45, 7) is 6.53. The van der Waals surface area contributed by atoms with E-state index in [-0.39, 0.29) is 23.1 Å². The van der Waals surface area contributed by atoms with Gasteiger partial charge in [0.05, 0.1) is 23.1 Å². The first-order chi connectivity index (χ1) is 14.1. The molecule has 1 aromatic carbocycles. The molecule has 2 aliphatic rings. The fourth-order valence-corrected chi connectivity index (χ4v) is 4.24. The number of halogens is 1. The van der Waals surface area contributed by atoms with Crippen LogP contribution in [0.25, 0.3) is 5.69 Å². The zero-order valence-corrected chi connectivity index (χ0v) is 17.2. The number of piperidine rings is 1. The van der Waals surface area contributed by atoms with Crippen LogP contribution in [0.4, 0.5) is 9.18 Å². The summed E-state index contributed by atoms with van der Waals surface area (Å²) in [7, 11) is 0. The van der Waals surface area contributed by atoms with Crippen LogP contribution in [0.15, 0.2) is 18.3 Å². The number of carbonyl (C=O) groups is 2. The van der Waals surface area contributed by atoms with Crippen molar-refractivity contribution >= 4 is 12.0 Å². The second-order valence-corrected chi connectivity index (χ2v) is 8.80. The summed E-state index contributed by atoms with van der Waals surface area (Å²) in [5.41, 5.74) is 6.80. The van der Waals surface area contributed by atoms with Gasteiger partial charge in [-0.2, -0.15) is 5.10 Å². The van der Waals surface area contributed by atoms with Crippen molar-refractivity contribution in [3.05, 3.63) is 46.5 Å². The van der Waals surface area contributed by atoms with Crippen molar-refractivity contribution in [2.45, 2.75) is 51.2 Å². The molecule has 4 rings (SSSR count). The molecule has 160 valence electrons. The van der Waals surface area contributed by atoms with Crippen molar-refractivity contribution in [3.63, 3.8) is 0 Å². The Morgan fingerprint density at radius 1 is 1.23 bits per heavy atom. The topological polar surface area (TPSA) is 111 Å². The maximum atomic E-state index is 14.0. The molecular weight excluding hydrogens is 391 g/mol. The first-order valence-electron chi connectivity index (χ1n) is 9.94. The van der Waals surface area contributed by atoms with Gasteiger partial charge in [0.1, 0.15) is 17.5 Å². The normalized spacial score (nSPS) is 18.8. The van der Waals surface area contributed by atoms with E-state index in [2.05, 4.69) is 5.10 Å². The summed E-state index contributed by atoms with van der Waals surface area (Å²) in [6, 6.07) is 2.26. The van der Waals surface area contributed by atoms with Crippen molar-refractivity contribution in [2.75, 3.05) is 13.1 Å². The largest absolute Gasteiger partial charge is 0.444 e. The minimum atomic E-state index is -1.10. The van der Waals surface area contributed by atoms with Crippen LogP contribution in [0.5, 0.6) is 0 Å². The number of nitrogens with zero attached hydrogens (tertiary/aromatic N) is 3. The van der Waals surface area contributed by atoms with Crippen molar-refractivity contribution in [1.29, 1.82) is 0 Å². The highest BCUT2D eigenvalue weighted by Crippen LogP contribution is 2.43. The molecule has 3 N–H and O–H groups in total. The van der Waals surface area contributed by atoms with Crippen molar-refractivity contribution in [3.8, 4) is 5.69 Å². The Balaban J connectivity index is 1.58. The maximum absolute atomic E-state index is 14.0. The van der Waals surface area contributed by atoms with Crippen LogP contribution in [0.2, 0.25) is 0 Å². The van der Waals surface area contributed by atoms with E-state index in [0.29, 0.717) is 37.3 Å². The summed E-state index contributed by atoms with van der Waals surface area (Å²) in [4.78, 5) is 25.8. The van der Waals surface area contributed by atoms with Crippen molar-refractivity contribution in [1.82, 2.24) is 14.7 Å². The number of amides is 2. The van der Waals surface area contributed by atoms with E-state index in [1.54, 1.807) is 11.1 Å². The number of primary amides is 1. The Kier molecular flexibility index (Phi) is 4.80. The number of fused-ring (bicyclic) bond motifs is 3. The zero-order valence-electron chi connectivity index (χ0n) is 17.2. The molecular formula is C21H25FN4O4. The molecule has 0 spiro atoms. The minimum absolute atomic E-state index is 0.0165. The Morgan fingerprint density at radius 2 is 1.90 bits per heavy atom. The van der Waals surface area contributed by atoms with E-state index in [4.69, 9.17) is 10.5 Å². The molecule has 3 heterocycles. The molecule has 8 nitrogen and oxygen atoms in total. The lowest BCUT2D eigenvalue weighted by molar-refractivity contribution is 0.0204. The number of ether oxygens (including phenoxy) is 1. The molecule has 1 unspecified atom stereocenters. The summed E-state index contributed by atoms with van der Waals surface area (Å²) < 4.78 is 20.9. The number of nitrogens with two attached hydrogens (primary N) is 1. The Morgan fingerprint density at radius 3 is 2.50 bits per heavy atom. The van der Waals surface area contributed by atoms with E-state index in [0.717, 1.165) is 11.6 Å². The molecule has 1 atom stereocenters. The smallest absolute Gasteiger partial charge is 0.410 e. The number of hydrogen-bond donors (Lipinski definition) is 2. The second kappa shape index (κ2) is 7.09. The first kappa shape index (κ1) is 20.3. The molecule has 0 bridgehead atoms. The maximum Gasteiger partial charge on any atom is 0.410 e. The number of aliphatic hydroxyl groups excluding tert-OH is 1. The molecule has 2 aliphatic heterocycles. The summed E-state index contributed by atoms with van der Waals surface area (Å²) in [6.07, 6.45) is 1.59. The molecule has 1 aromatic heterocycles. The summed E-state index contributed by atoms with van der Waals surface area (Å²) in [5.74, 6) is -1.36. The van der Waals surface area contributed by atoms with Gasteiger partial charge in [0.25, 0.3) is 5.91 Å². The van der Waals surface area contributed by atoms with Gasteiger partial charge in [0.15, 0.2) is 0 Å². The van der Waals surface area contributed by atoms with Crippen LogP contribution in [0.3, 0.4) is 0 Å². The number of carbonyl (C=O) groups excluding carboxylic acids is 2. The lowest BCUT2D eigenvalue weighted by Gasteiger charge is -2.33. The Bertz CT molecular complexity index is 1020. The molecule has 0 saturated carbocycles. The predicted molar refractivity (Wildman–Crippen MR) is 106 cm³/mol. The van der Waals surface area contributed by atoms with Gasteiger partial charge in [-0.05, 0) is 51.7 Å². The molecule has 9 heteroatoms. The van der Waals surface area contributed by atoms with E-state index < -0.39 is 23.4 Å². The van der Waals surface area contributed by atoms with Crippen LogP contribution < -0.4 is 5.73 Å². The minimum Gasteiger partial charge on any atom is -0.444 e. The van der Waals surface area contributed by atoms with Crippen molar-refractivity contribution < 1.29 is 23.8 Å². The van der Waals surface area contributed by atoms with Crippen LogP contribution in [0, 0.1) is 5.82 Å². The zero-order chi connectivity index (χ0) is 21.8. The lowest BCUT2D eigenvalue weighted by atomic mass is 9.88. The highest BCUT2D eigenvalue weighted by molar-refractivity contribution is 5.97.